The van der Waals surface area contributed by atoms with E-state index in [0.29, 0.717) is 32.4 Å². The molecule has 0 aromatic heterocycles. The van der Waals surface area contributed by atoms with E-state index in [0.717, 1.165) is 38.8 Å². The molecule has 0 aliphatic rings. The standard InChI is InChI=1S/C38H79N7O2.3ClH/c1-3-5-7-9-11-13-15-16-18-20-22-26-33-45(32-25-21-19-17-14-12-10-8-6-4-2)37(47)35(40)28-23-24-30-43-36(46)34(39)29-27-31-44-38(41)42;;;/h34-35H,3-33,39-40H2,1-2H3,(H,43,46)(H4,41,42,44);3*1H. The lowest BCUT2D eigenvalue weighted by molar-refractivity contribution is -0.133. The molecule has 302 valence electrons. The number of guanidine groups is 1. The van der Waals surface area contributed by atoms with Crippen LogP contribution in [-0.2, 0) is 9.59 Å². The molecule has 0 saturated heterocycles. The van der Waals surface area contributed by atoms with Crippen LogP contribution < -0.4 is 28.3 Å². The maximum atomic E-state index is 13.4. The molecule has 2 atom stereocenters. The van der Waals surface area contributed by atoms with Crippen LogP contribution in [0.3, 0.4) is 0 Å². The van der Waals surface area contributed by atoms with E-state index < -0.39 is 12.1 Å². The summed E-state index contributed by atoms with van der Waals surface area (Å²) >= 11 is 0. The van der Waals surface area contributed by atoms with Crippen molar-refractivity contribution in [1.29, 1.82) is 0 Å². The van der Waals surface area contributed by atoms with Crippen LogP contribution in [0, 0.1) is 0 Å². The molecule has 12 heteroatoms. The van der Waals surface area contributed by atoms with Crippen LogP contribution in [0.15, 0.2) is 4.99 Å². The molecule has 0 aliphatic heterocycles. The van der Waals surface area contributed by atoms with E-state index in [2.05, 4.69) is 29.1 Å². The third kappa shape index (κ3) is 36.8. The Balaban J connectivity index is -0.00000353. The van der Waals surface area contributed by atoms with Crippen LogP contribution in [0.4, 0.5) is 0 Å². The molecule has 50 heavy (non-hydrogen) atoms. The van der Waals surface area contributed by atoms with Gasteiger partial charge in [-0.2, -0.15) is 0 Å². The van der Waals surface area contributed by atoms with Gasteiger partial charge in [0, 0.05) is 26.2 Å². The average Bonchev–Trinajstić information content (AvgIpc) is 3.06. The fourth-order valence-corrected chi connectivity index (χ4v) is 6.11. The monoisotopic (exact) mass is 774 g/mol. The summed E-state index contributed by atoms with van der Waals surface area (Å²) < 4.78 is 0. The minimum atomic E-state index is -0.576. The van der Waals surface area contributed by atoms with Crippen molar-refractivity contribution in [3.8, 4) is 0 Å². The molecule has 0 rings (SSSR count). The molecule has 0 bridgehead atoms. The molecular weight excluding hydrogens is 693 g/mol. The van der Waals surface area contributed by atoms with Gasteiger partial charge in [-0.25, -0.2) is 0 Å². The fraction of sp³-hybridized carbons (Fsp3) is 0.921. The number of aliphatic imine (C=N–C) groups is 1. The lowest BCUT2D eigenvalue weighted by atomic mass is 10.0. The van der Waals surface area contributed by atoms with E-state index in [1.807, 2.05) is 0 Å². The van der Waals surface area contributed by atoms with Gasteiger partial charge < -0.3 is 33.2 Å². The third-order valence-electron chi connectivity index (χ3n) is 9.24. The zero-order chi connectivity index (χ0) is 34.8. The van der Waals surface area contributed by atoms with Crippen molar-refractivity contribution < 1.29 is 9.59 Å². The highest BCUT2D eigenvalue weighted by Crippen LogP contribution is 2.14. The molecule has 0 aromatic rings. The highest BCUT2D eigenvalue weighted by molar-refractivity contribution is 5.86. The number of hydrogen-bond donors (Lipinski definition) is 5. The van der Waals surface area contributed by atoms with Gasteiger partial charge in [0.05, 0.1) is 12.1 Å². The van der Waals surface area contributed by atoms with Gasteiger partial charge in [-0.3, -0.25) is 14.6 Å². The van der Waals surface area contributed by atoms with Gasteiger partial charge in [-0.1, -0.05) is 142 Å². The summed E-state index contributed by atoms with van der Waals surface area (Å²) in [6, 6.07) is -1.06. The fourth-order valence-electron chi connectivity index (χ4n) is 6.11. The minimum Gasteiger partial charge on any atom is -0.370 e. The van der Waals surface area contributed by atoms with Gasteiger partial charge >= 0.3 is 0 Å². The number of amides is 2. The zero-order valence-electron chi connectivity index (χ0n) is 32.3. The predicted octanol–water partition coefficient (Wildman–Crippen LogP) is 8.70. The first kappa shape index (κ1) is 55.8. The highest BCUT2D eigenvalue weighted by Gasteiger charge is 2.20. The number of nitrogens with one attached hydrogen (secondary N) is 1. The second-order valence-corrected chi connectivity index (χ2v) is 13.8. The maximum absolute atomic E-state index is 13.4. The minimum absolute atomic E-state index is 0. The van der Waals surface area contributed by atoms with Crippen molar-refractivity contribution in [2.24, 2.45) is 27.9 Å². The Bertz CT molecular complexity index is 762. The van der Waals surface area contributed by atoms with E-state index >= 15 is 0 Å². The number of nitrogens with two attached hydrogens (primary N) is 4. The molecule has 0 fully saturated rings. The van der Waals surface area contributed by atoms with Crippen LogP contribution in [0.2, 0.25) is 0 Å². The first-order chi connectivity index (χ1) is 22.8. The summed E-state index contributed by atoms with van der Waals surface area (Å²) in [5.41, 5.74) is 23.0. The summed E-state index contributed by atoms with van der Waals surface area (Å²) in [6.45, 7) is 7.17. The van der Waals surface area contributed by atoms with E-state index in [4.69, 9.17) is 22.9 Å². The smallest absolute Gasteiger partial charge is 0.239 e. The second-order valence-electron chi connectivity index (χ2n) is 13.8. The number of rotatable bonds is 35. The predicted molar refractivity (Wildman–Crippen MR) is 224 cm³/mol. The van der Waals surface area contributed by atoms with Crippen molar-refractivity contribution in [2.75, 3.05) is 26.2 Å². The van der Waals surface area contributed by atoms with E-state index in [1.165, 1.54) is 128 Å². The SMILES string of the molecule is CCCCCCCCCCCCCCN(CCCCCCCCCCCC)C(=O)C(N)CCCCNC(=O)C(N)CCCN=C(N)N.Cl.Cl.Cl. The number of carbonyl (C=O) groups excluding carboxylic acids is 2. The lowest BCUT2D eigenvalue weighted by Gasteiger charge is -2.26. The van der Waals surface area contributed by atoms with E-state index in [9.17, 15) is 9.59 Å². The molecule has 9 nitrogen and oxygen atoms in total. The molecule has 0 heterocycles. The van der Waals surface area contributed by atoms with Gasteiger partial charge in [-0.15, -0.1) is 37.2 Å². The van der Waals surface area contributed by atoms with Crippen LogP contribution in [0.1, 0.15) is 187 Å². The van der Waals surface area contributed by atoms with E-state index in [-0.39, 0.29) is 55.0 Å². The topological polar surface area (TPSA) is 166 Å². The van der Waals surface area contributed by atoms with Crippen LogP contribution in [0.5, 0.6) is 0 Å². The Morgan fingerprint density at radius 1 is 0.540 bits per heavy atom. The zero-order valence-corrected chi connectivity index (χ0v) is 34.8. The van der Waals surface area contributed by atoms with Gasteiger partial charge in [-0.05, 0) is 44.9 Å². The second kappa shape index (κ2) is 42.4. The third-order valence-corrected chi connectivity index (χ3v) is 9.24. The Morgan fingerprint density at radius 2 is 0.920 bits per heavy atom. The lowest BCUT2D eigenvalue weighted by Crippen LogP contribution is -2.44. The van der Waals surface area contributed by atoms with Gasteiger partial charge in [0.15, 0.2) is 5.96 Å². The largest absolute Gasteiger partial charge is 0.370 e. The summed E-state index contributed by atoms with van der Waals surface area (Å²) in [4.78, 5) is 31.6. The Kier molecular flexibility index (Phi) is 47.3. The highest BCUT2D eigenvalue weighted by atomic mass is 35.5. The van der Waals surface area contributed by atoms with Gasteiger partial charge in [0.25, 0.3) is 0 Å². The molecule has 9 N–H and O–H groups in total. The molecule has 2 unspecified atom stereocenters. The van der Waals surface area contributed by atoms with Crippen LogP contribution in [-0.4, -0.2) is 60.9 Å². The quantitative estimate of drug-likeness (QED) is 0.0246. The molecule has 0 radical (unpaired) electrons. The van der Waals surface area contributed by atoms with Crippen molar-refractivity contribution in [2.45, 2.75) is 199 Å². The molecule has 0 saturated carbocycles. The van der Waals surface area contributed by atoms with Crippen molar-refractivity contribution in [3.63, 3.8) is 0 Å². The summed E-state index contributed by atoms with van der Waals surface area (Å²) in [5, 5.41) is 2.90. The summed E-state index contributed by atoms with van der Waals surface area (Å²) in [5.74, 6) is -0.0260. The van der Waals surface area contributed by atoms with Gasteiger partial charge in [0.2, 0.25) is 11.8 Å². The Morgan fingerprint density at radius 3 is 1.32 bits per heavy atom. The molecule has 0 aliphatic carbocycles. The molecular formula is C38H82Cl3N7O2. The number of unbranched alkanes of at least 4 members (excludes halogenated alkanes) is 21. The van der Waals surface area contributed by atoms with Crippen molar-refractivity contribution >= 4 is 55.0 Å². The molecule has 0 spiro atoms. The van der Waals surface area contributed by atoms with Crippen LogP contribution in [0.25, 0.3) is 0 Å². The molecule has 2 amide bonds. The average molecular weight is 775 g/mol. The van der Waals surface area contributed by atoms with E-state index in [1.54, 1.807) is 0 Å². The number of carbonyl (C=O) groups is 2. The Hall–Kier alpha value is -1.00. The Labute approximate surface area is 327 Å². The first-order valence-electron chi connectivity index (χ1n) is 20.0. The number of hydrogen-bond acceptors (Lipinski definition) is 5. The normalized spacial score (nSPS) is 11.8. The maximum Gasteiger partial charge on any atom is 0.239 e. The van der Waals surface area contributed by atoms with Crippen molar-refractivity contribution in [3.05, 3.63) is 0 Å². The van der Waals surface area contributed by atoms with Gasteiger partial charge in [0.1, 0.15) is 0 Å². The number of halogens is 3. The first-order valence-corrected chi connectivity index (χ1v) is 20.0. The molecule has 0 aromatic carbocycles. The summed E-state index contributed by atoms with van der Waals surface area (Å²) in [7, 11) is 0. The van der Waals surface area contributed by atoms with Crippen LogP contribution >= 0.6 is 37.2 Å². The summed E-state index contributed by atoms with van der Waals surface area (Å²) in [6.07, 6.45) is 32.0. The number of nitrogens with zero attached hydrogens (tertiary/aromatic N) is 2. The van der Waals surface area contributed by atoms with Crippen molar-refractivity contribution in [1.82, 2.24) is 10.2 Å².